The van der Waals surface area contributed by atoms with Gasteiger partial charge in [0.05, 0.1) is 28.9 Å². The summed E-state index contributed by atoms with van der Waals surface area (Å²) in [6.45, 7) is -1.63. The Morgan fingerprint density at radius 3 is 1.30 bits per heavy atom. The van der Waals surface area contributed by atoms with Gasteiger partial charge in [-0.15, -0.1) is 0 Å². The van der Waals surface area contributed by atoms with E-state index in [1.807, 2.05) is 0 Å². The van der Waals surface area contributed by atoms with Crippen LogP contribution in [0.1, 0.15) is 52.6 Å². The Morgan fingerprint density at radius 2 is 0.836 bits per heavy atom. The highest BCUT2D eigenvalue weighted by Gasteiger charge is 2.54. The number of carbonyl (C=O) groups excluding carboxylic acids is 6. The van der Waals surface area contributed by atoms with Crippen molar-refractivity contribution >= 4 is 35.9 Å². The lowest BCUT2D eigenvalue weighted by molar-refractivity contribution is -0.299. The lowest BCUT2D eigenvalue weighted by Crippen LogP contribution is -2.63. The van der Waals surface area contributed by atoms with Crippen molar-refractivity contribution in [1.82, 2.24) is 5.32 Å². The maximum atomic E-state index is 14.0. The van der Waals surface area contributed by atoms with E-state index in [-0.39, 0.29) is 35.5 Å². The molecule has 1 fully saturated rings. The number of amides is 1. The van der Waals surface area contributed by atoms with E-state index in [0.717, 1.165) is 0 Å². The van der Waals surface area contributed by atoms with Gasteiger partial charge in [-0.05, 0) is 59.7 Å². The zero-order chi connectivity index (χ0) is 46.8. The second kappa shape index (κ2) is 23.7. The topological polar surface area (TPSA) is 188 Å². The van der Waals surface area contributed by atoms with E-state index in [2.05, 4.69) is 5.32 Å². The third-order valence-electron chi connectivity index (χ3n) is 10.2. The van der Waals surface area contributed by atoms with Gasteiger partial charge in [0, 0.05) is 0 Å². The van der Waals surface area contributed by atoms with Crippen molar-refractivity contribution in [3.63, 3.8) is 0 Å². The van der Waals surface area contributed by atoms with E-state index >= 15 is 0 Å². The fourth-order valence-electron chi connectivity index (χ4n) is 6.76. The Kier molecular flexibility index (Phi) is 16.6. The smallest absolute Gasteiger partial charge is 0.408 e. The number of hydrogen-bond acceptors (Lipinski definition) is 14. The van der Waals surface area contributed by atoms with Gasteiger partial charge in [0.2, 0.25) is 0 Å². The molecule has 1 heterocycles. The Bertz CT molecular complexity index is 2550. The fraction of sp³-hybridized carbons (Fsp3) is 0.192. The largest absolute Gasteiger partial charge is 0.459 e. The molecule has 6 aromatic carbocycles. The van der Waals surface area contributed by atoms with Crippen LogP contribution in [0, 0.1) is 0 Å². The van der Waals surface area contributed by atoms with Crippen molar-refractivity contribution in [1.29, 1.82) is 0 Å². The van der Waals surface area contributed by atoms with Crippen molar-refractivity contribution < 1.29 is 66.7 Å². The molecule has 1 N–H and O–H groups in total. The average Bonchev–Trinajstić information content (AvgIpc) is 3.38. The van der Waals surface area contributed by atoms with Crippen LogP contribution in [0.4, 0.5) is 4.79 Å². The first-order chi connectivity index (χ1) is 32.7. The molecule has 6 aromatic rings. The van der Waals surface area contributed by atoms with E-state index in [9.17, 15) is 28.8 Å². The van der Waals surface area contributed by atoms with Gasteiger partial charge in [-0.25, -0.2) is 28.8 Å². The van der Waals surface area contributed by atoms with Crippen LogP contribution in [-0.4, -0.2) is 85.9 Å². The molecule has 0 aromatic heterocycles. The van der Waals surface area contributed by atoms with Gasteiger partial charge in [0.15, 0.2) is 30.6 Å². The van der Waals surface area contributed by atoms with E-state index in [0.29, 0.717) is 11.1 Å². The highest BCUT2D eigenvalue weighted by atomic mass is 16.7. The Labute approximate surface area is 385 Å². The number of hydrogen-bond donors (Lipinski definition) is 1. The fourth-order valence-corrected chi connectivity index (χ4v) is 6.76. The molecule has 15 nitrogen and oxygen atoms in total. The molecular weight excluding hydrogens is 863 g/mol. The second-order valence-electron chi connectivity index (χ2n) is 14.9. The number of nitrogens with one attached hydrogen (secondary N) is 1. The zero-order valence-electron chi connectivity index (χ0n) is 35.8. The Morgan fingerprint density at radius 1 is 0.448 bits per heavy atom. The lowest BCUT2D eigenvalue weighted by Gasteiger charge is -2.44. The maximum Gasteiger partial charge on any atom is 0.408 e. The summed E-state index contributed by atoms with van der Waals surface area (Å²) >= 11 is 0. The number of alkyl carbamates (subject to hydrolysis) is 1. The van der Waals surface area contributed by atoms with Crippen LogP contribution in [0.5, 0.6) is 0 Å². The lowest BCUT2D eigenvalue weighted by atomic mass is 9.97. The molecule has 0 radical (unpaired) electrons. The minimum Gasteiger partial charge on any atom is -0.459 e. The minimum atomic E-state index is -1.78. The molecule has 67 heavy (non-hydrogen) atoms. The van der Waals surface area contributed by atoms with Crippen LogP contribution >= 0.6 is 0 Å². The van der Waals surface area contributed by atoms with E-state index in [4.69, 9.17) is 37.9 Å². The van der Waals surface area contributed by atoms with Crippen LogP contribution in [0.3, 0.4) is 0 Å². The summed E-state index contributed by atoms with van der Waals surface area (Å²) in [5.41, 5.74) is 1.78. The van der Waals surface area contributed by atoms with Crippen LogP contribution in [0.15, 0.2) is 182 Å². The van der Waals surface area contributed by atoms with Gasteiger partial charge in [-0.3, -0.25) is 0 Å². The highest BCUT2D eigenvalue weighted by Crippen LogP contribution is 2.32. The monoisotopic (exact) mass is 907 g/mol. The van der Waals surface area contributed by atoms with E-state index in [1.165, 1.54) is 48.5 Å². The number of esters is 5. The van der Waals surface area contributed by atoms with Gasteiger partial charge in [-0.2, -0.15) is 0 Å². The molecular formula is C52H45NO14. The molecule has 1 aliphatic heterocycles. The van der Waals surface area contributed by atoms with Gasteiger partial charge >= 0.3 is 35.9 Å². The predicted octanol–water partition coefficient (Wildman–Crippen LogP) is 7.30. The molecule has 7 rings (SSSR count). The Balaban J connectivity index is 1.24. The zero-order valence-corrected chi connectivity index (χ0v) is 35.8. The number of ether oxygens (including phenoxy) is 8. The average molecular weight is 908 g/mol. The van der Waals surface area contributed by atoms with Crippen molar-refractivity contribution in [2.24, 2.45) is 0 Å². The third-order valence-corrected chi connectivity index (χ3v) is 10.2. The second-order valence-corrected chi connectivity index (χ2v) is 14.9. The SMILES string of the molecule is O=C(N[C@@H](CO[C@@H]1O[C@H](COC(=O)c2ccccc2)[C@@H](OC(=O)c2ccccc2)[C@H](OC(=O)c2ccccc2)[C@H]1OC(=O)c1ccccc1)C(=O)OCc1ccccc1)OCc1ccccc1. The first kappa shape index (κ1) is 46.8. The molecule has 342 valence electrons. The Hall–Kier alpha value is -8.14. The summed E-state index contributed by atoms with van der Waals surface area (Å²) in [7, 11) is 0. The van der Waals surface area contributed by atoms with Gasteiger partial charge < -0.3 is 43.2 Å². The van der Waals surface area contributed by atoms with Crippen molar-refractivity contribution in [2.75, 3.05) is 13.2 Å². The predicted molar refractivity (Wildman–Crippen MR) is 238 cm³/mol. The molecule has 0 spiro atoms. The molecule has 0 aliphatic carbocycles. The van der Waals surface area contributed by atoms with Crippen molar-refractivity contribution in [3.8, 4) is 0 Å². The molecule has 15 heteroatoms. The van der Waals surface area contributed by atoms with Crippen molar-refractivity contribution in [3.05, 3.63) is 215 Å². The molecule has 0 unspecified atom stereocenters. The molecule has 1 aliphatic rings. The van der Waals surface area contributed by atoms with Crippen LogP contribution in [0.2, 0.25) is 0 Å². The van der Waals surface area contributed by atoms with Crippen LogP contribution in [0.25, 0.3) is 0 Å². The molecule has 1 saturated heterocycles. The number of benzene rings is 6. The number of carbonyl (C=O) groups is 6. The quantitative estimate of drug-likeness (QED) is 0.0668. The van der Waals surface area contributed by atoms with Crippen LogP contribution < -0.4 is 5.32 Å². The first-order valence-electron chi connectivity index (χ1n) is 21.2. The van der Waals surface area contributed by atoms with Gasteiger partial charge in [0.25, 0.3) is 0 Å². The summed E-state index contributed by atoms with van der Waals surface area (Å²) < 4.78 is 47.7. The van der Waals surface area contributed by atoms with E-state index < -0.39 is 85.9 Å². The third kappa shape index (κ3) is 13.4. The molecule has 0 saturated carbocycles. The van der Waals surface area contributed by atoms with Crippen LogP contribution in [-0.2, 0) is 55.9 Å². The van der Waals surface area contributed by atoms with E-state index in [1.54, 1.807) is 133 Å². The standard InChI is InChI=1S/C52H45NO14/c54-46(37-23-11-3-12-24-37)61-34-42-43(65-47(55)38-25-13-4-14-26-38)44(66-48(56)39-27-15-5-16-28-39)45(67-49(57)40-29-17-6-18-30-40)51(64-42)62-33-41(50(58)60-31-35-19-7-1-8-20-35)53-52(59)63-32-36-21-9-2-10-22-36/h1-30,41-45,51H,31-34H2,(H,53,59)/t41-,42+,43+,44-,45+,51+/m0/s1. The normalized spacial score (nSPS) is 17.9. The number of rotatable bonds is 18. The van der Waals surface area contributed by atoms with Gasteiger partial charge in [0.1, 0.15) is 25.9 Å². The highest BCUT2D eigenvalue weighted by molar-refractivity contribution is 5.91. The summed E-state index contributed by atoms with van der Waals surface area (Å²) in [5, 5.41) is 2.48. The summed E-state index contributed by atoms with van der Waals surface area (Å²) in [6.07, 6.45) is -9.41. The molecule has 6 atom stereocenters. The maximum absolute atomic E-state index is 14.0. The summed E-state index contributed by atoms with van der Waals surface area (Å²) in [6, 6.07) is 47.8. The minimum absolute atomic E-state index is 0.0799. The first-order valence-corrected chi connectivity index (χ1v) is 21.2. The van der Waals surface area contributed by atoms with Crippen molar-refractivity contribution in [2.45, 2.75) is 50.0 Å². The summed E-state index contributed by atoms with van der Waals surface area (Å²) in [5.74, 6) is -4.44. The molecule has 0 bridgehead atoms. The molecule has 1 amide bonds. The summed E-state index contributed by atoms with van der Waals surface area (Å²) in [4.78, 5) is 82.3. The van der Waals surface area contributed by atoms with Gasteiger partial charge in [-0.1, -0.05) is 133 Å².